The first-order valence-corrected chi connectivity index (χ1v) is 4.95. The molecule has 0 amide bonds. The quantitative estimate of drug-likeness (QED) is 0.525. The summed E-state index contributed by atoms with van der Waals surface area (Å²) < 4.78 is 0. The second-order valence-corrected chi connectivity index (χ2v) is 3.88. The zero-order valence-electron chi connectivity index (χ0n) is 7.33. The molecule has 64 valence electrons. The van der Waals surface area contributed by atoms with Gasteiger partial charge >= 0.3 is 0 Å². The van der Waals surface area contributed by atoms with E-state index < -0.39 is 0 Å². The van der Waals surface area contributed by atoms with E-state index in [0.717, 1.165) is 17.6 Å². The highest BCUT2D eigenvalue weighted by Crippen LogP contribution is 2.22. The van der Waals surface area contributed by atoms with Gasteiger partial charge in [0, 0.05) is 10.5 Å². The fourth-order valence-electron chi connectivity index (χ4n) is 1.06. The molecule has 1 rings (SSSR count). The Morgan fingerprint density at radius 3 is 2.75 bits per heavy atom. The van der Waals surface area contributed by atoms with Crippen molar-refractivity contribution >= 4 is 18.0 Å². The van der Waals surface area contributed by atoms with Gasteiger partial charge in [-0.05, 0) is 30.4 Å². The van der Waals surface area contributed by atoms with Crippen LogP contribution in [0.2, 0.25) is 0 Å². The number of hydrogen-bond acceptors (Lipinski definition) is 2. The third kappa shape index (κ3) is 2.11. The number of aldehydes is 1. The molecule has 1 aromatic carbocycles. The van der Waals surface area contributed by atoms with Crippen molar-refractivity contribution in [3.63, 3.8) is 0 Å². The highest BCUT2D eigenvalue weighted by molar-refractivity contribution is 7.99. The van der Waals surface area contributed by atoms with Crippen LogP contribution in [0, 0.1) is 6.92 Å². The summed E-state index contributed by atoms with van der Waals surface area (Å²) in [6, 6.07) is 5.79. The summed E-state index contributed by atoms with van der Waals surface area (Å²) in [5, 5.41) is 0. The molecule has 0 aliphatic rings. The molecule has 12 heavy (non-hydrogen) atoms. The fourth-order valence-corrected chi connectivity index (χ4v) is 1.83. The third-order valence-electron chi connectivity index (χ3n) is 1.63. The molecule has 1 aromatic rings. The molecule has 0 radical (unpaired) electrons. The van der Waals surface area contributed by atoms with Gasteiger partial charge in [0.25, 0.3) is 0 Å². The molecule has 0 aromatic heterocycles. The van der Waals surface area contributed by atoms with Gasteiger partial charge in [-0.1, -0.05) is 13.0 Å². The molecule has 0 unspecified atom stereocenters. The molecule has 0 heterocycles. The van der Waals surface area contributed by atoms with Crippen LogP contribution >= 0.6 is 11.8 Å². The number of hydrogen-bond donors (Lipinski definition) is 0. The van der Waals surface area contributed by atoms with Gasteiger partial charge in [-0.25, -0.2) is 0 Å². The maximum absolute atomic E-state index is 10.4. The summed E-state index contributed by atoms with van der Waals surface area (Å²) in [5.41, 5.74) is 1.94. The van der Waals surface area contributed by atoms with Gasteiger partial charge in [-0.3, -0.25) is 4.79 Å². The molecule has 0 fully saturated rings. The van der Waals surface area contributed by atoms with Gasteiger partial charge in [0.15, 0.2) is 0 Å². The van der Waals surface area contributed by atoms with Crippen molar-refractivity contribution in [3.8, 4) is 0 Å². The van der Waals surface area contributed by atoms with Crippen LogP contribution in [0.1, 0.15) is 22.8 Å². The lowest BCUT2D eigenvalue weighted by atomic mass is 10.2. The molecule has 0 N–H and O–H groups in total. The van der Waals surface area contributed by atoms with E-state index in [1.165, 1.54) is 10.5 Å². The zero-order chi connectivity index (χ0) is 8.97. The van der Waals surface area contributed by atoms with Crippen LogP contribution in [-0.2, 0) is 0 Å². The molecular weight excluding hydrogens is 168 g/mol. The Labute approximate surface area is 77.2 Å². The van der Waals surface area contributed by atoms with Gasteiger partial charge in [0.05, 0.1) is 0 Å². The first kappa shape index (κ1) is 9.33. The fraction of sp³-hybridized carbons (Fsp3) is 0.300. The Kier molecular flexibility index (Phi) is 3.35. The lowest BCUT2D eigenvalue weighted by Crippen LogP contribution is -1.84. The van der Waals surface area contributed by atoms with E-state index in [2.05, 4.69) is 6.92 Å². The van der Waals surface area contributed by atoms with Gasteiger partial charge in [-0.2, -0.15) is 0 Å². The van der Waals surface area contributed by atoms with Crippen molar-refractivity contribution in [2.75, 3.05) is 5.75 Å². The minimum absolute atomic E-state index is 0.757. The predicted octanol–water partition coefficient (Wildman–Crippen LogP) is 2.92. The van der Waals surface area contributed by atoms with Crippen LogP contribution in [0.15, 0.2) is 23.1 Å². The van der Waals surface area contributed by atoms with Gasteiger partial charge < -0.3 is 0 Å². The summed E-state index contributed by atoms with van der Waals surface area (Å²) in [6.07, 6.45) is 0.882. The summed E-state index contributed by atoms with van der Waals surface area (Å²) in [4.78, 5) is 11.7. The van der Waals surface area contributed by atoms with Gasteiger partial charge in [-0.15, -0.1) is 11.8 Å². The SMILES string of the molecule is CCSc1ccc(C=O)cc1C. The zero-order valence-corrected chi connectivity index (χ0v) is 8.15. The number of thioether (sulfide) groups is 1. The Balaban J connectivity index is 2.94. The molecule has 0 aliphatic heterocycles. The van der Waals surface area contributed by atoms with E-state index >= 15 is 0 Å². The molecule has 2 heteroatoms. The van der Waals surface area contributed by atoms with E-state index in [9.17, 15) is 4.79 Å². The lowest BCUT2D eigenvalue weighted by molar-refractivity contribution is 0.112. The second-order valence-electron chi connectivity index (χ2n) is 2.58. The number of carbonyl (C=O) groups is 1. The number of aryl methyl sites for hydroxylation is 1. The molecule has 0 atom stereocenters. The maximum atomic E-state index is 10.4. The van der Waals surface area contributed by atoms with Crippen molar-refractivity contribution < 1.29 is 4.79 Å². The summed E-state index contributed by atoms with van der Waals surface area (Å²) in [6.45, 7) is 4.16. The van der Waals surface area contributed by atoms with Crippen molar-refractivity contribution in [1.29, 1.82) is 0 Å². The molecule has 0 saturated carbocycles. The number of benzene rings is 1. The van der Waals surface area contributed by atoms with Crippen molar-refractivity contribution in [1.82, 2.24) is 0 Å². The van der Waals surface area contributed by atoms with Crippen LogP contribution < -0.4 is 0 Å². The molecule has 1 nitrogen and oxygen atoms in total. The third-order valence-corrected chi connectivity index (χ3v) is 2.69. The normalized spacial score (nSPS) is 9.83. The summed E-state index contributed by atoms with van der Waals surface area (Å²) in [5.74, 6) is 1.07. The van der Waals surface area contributed by atoms with Crippen LogP contribution in [0.4, 0.5) is 0 Å². The second kappa shape index (κ2) is 4.31. The topological polar surface area (TPSA) is 17.1 Å². The standard InChI is InChI=1S/C10H12OS/c1-3-12-10-5-4-9(7-11)6-8(10)2/h4-7H,3H2,1-2H3. The molecular formula is C10H12OS. The Hall–Kier alpha value is -0.760. The molecule has 0 spiro atoms. The van der Waals surface area contributed by atoms with Crippen LogP contribution in [0.3, 0.4) is 0 Å². The first-order valence-electron chi connectivity index (χ1n) is 3.96. The Morgan fingerprint density at radius 1 is 1.50 bits per heavy atom. The smallest absolute Gasteiger partial charge is 0.150 e. The van der Waals surface area contributed by atoms with Crippen molar-refractivity contribution in [2.24, 2.45) is 0 Å². The molecule has 0 aliphatic carbocycles. The number of rotatable bonds is 3. The van der Waals surface area contributed by atoms with Crippen LogP contribution in [0.5, 0.6) is 0 Å². The predicted molar refractivity (Wildman–Crippen MR) is 53.0 cm³/mol. The first-order chi connectivity index (χ1) is 5.77. The Bertz CT molecular complexity index is 281. The van der Waals surface area contributed by atoms with Crippen molar-refractivity contribution in [2.45, 2.75) is 18.7 Å². The minimum atomic E-state index is 0.757. The van der Waals surface area contributed by atoms with Crippen LogP contribution in [0.25, 0.3) is 0 Å². The van der Waals surface area contributed by atoms with E-state index in [-0.39, 0.29) is 0 Å². The minimum Gasteiger partial charge on any atom is -0.298 e. The number of carbonyl (C=O) groups excluding carboxylic acids is 1. The highest BCUT2D eigenvalue weighted by atomic mass is 32.2. The maximum Gasteiger partial charge on any atom is 0.150 e. The largest absolute Gasteiger partial charge is 0.298 e. The Morgan fingerprint density at radius 2 is 2.25 bits per heavy atom. The summed E-state index contributed by atoms with van der Waals surface area (Å²) in [7, 11) is 0. The monoisotopic (exact) mass is 180 g/mol. The lowest BCUT2D eigenvalue weighted by Gasteiger charge is -2.03. The van der Waals surface area contributed by atoms with E-state index in [1.807, 2.05) is 25.1 Å². The highest BCUT2D eigenvalue weighted by Gasteiger charge is 1.98. The van der Waals surface area contributed by atoms with E-state index in [1.54, 1.807) is 11.8 Å². The average Bonchev–Trinajstić information content (AvgIpc) is 2.09. The molecule has 0 saturated heterocycles. The van der Waals surface area contributed by atoms with Crippen LogP contribution in [-0.4, -0.2) is 12.0 Å². The van der Waals surface area contributed by atoms with Gasteiger partial charge in [0.1, 0.15) is 6.29 Å². The van der Waals surface area contributed by atoms with Crippen molar-refractivity contribution in [3.05, 3.63) is 29.3 Å². The van der Waals surface area contributed by atoms with Gasteiger partial charge in [0.2, 0.25) is 0 Å². The summed E-state index contributed by atoms with van der Waals surface area (Å²) >= 11 is 1.81. The van der Waals surface area contributed by atoms with E-state index in [0.29, 0.717) is 0 Å². The van der Waals surface area contributed by atoms with E-state index in [4.69, 9.17) is 0 Å². The average molecular weight is 180 g/mol. The molecule has 0 bridgehead atoms.